The summed E-state index contributed by atoms with van der Waals surface area (Å²) in [6, 6.07) is 2.35. The molecule has 0 radical (unpaired) electrons. The van der Waals surface area contributed by atoms with Crippen LogP contribution >= 0.6 is 0 Å². The second-order valence-corrected chi connectivity index (χ2v) is 6.19. The summed E-state index contributed by atoms with van der Waals surface area (Å²) in [6.07, 6.45) is 6.95. The first-order chi connectivity index (χ1) is 7.65. The van der Waals surface area contributed by atoms with Gasteiger partial charge in [-0.05, 0) is 65.0 Å². The number of rotatable bonds is 3. The zero-order valence-corrected chi connectivity index (χ0v) is 11.2. The first kappa shape index (κ1) is 12.4. The van der Waals surface area contributed by atoms with Crippen LogP contribution in [0.15, 0.2) is 0 Å². The van der Waals surface area contributed by atoms with Crippen molar-refractivity contribution in [2.75, 3.05) is 13.1 Å². The van der Waals surface area contributed by atoms with E-state index < -0.39 is 0 Å². The highest BCUT2D eigenvalue weighted by atomic mass is 15.2. The Hall–Kier alpha value is -0.0800. The zero-order chi connectivity index (χ0) is 11.5. The Bertz CT molecular complexity index is 207. The quantitative estimate of drug-likeness (QED) is 0.793. The highest BCUT2D eigenvalue weighted by molar-refractivity contribution is 4.85. The minimum Gasteiger partial charge on any atom is -0.311 e. The van der Waals surface area contributed by atoms with E-state index in [0.29, 0.717) is 0 Å². The molecule has 2 heteroatoms. The van der Waals surface area contributed by atoms with Crippen LogP contribution in [-0.2, 0) is 0 Å². The molecule has 0 amide bonds. The van der Waals surface area contributed by atoms with E-state index in [9.17, 15) is 0 Å². The van der Waals surface area contributed by atoms with Gasteiger partial charge in [-0.1, -0.05) is 6.92 Å². The number of hydrogen-bond donors (Lipinski definition) is 1. The van der Waals surface area contributed by atoms with Crippen LogP contribution in [0, 0.1) is 5.92 Å². The van der Waals surface area contributed by atoms with Gasteiger partial charge in [-0.2, -0.15) is 0 Å². The molecule has 1 saturated carbocycles. The van der Waals surface area contributed by atoms with Crippen LogP contribution in [0.4, 0.5) is 0 Å². The predicted octanol–water partition coefficient (Wildman–Crippen LogP) is 2.64. The monoisotopic (exact) mass is 224 g/mol. The summed E-state index contributed by atoms with van der Waals surface area (Å²) in [4.78, 5) is 2.61. The van der Waals surface area contributed by atoms with Gasteiger partial charge >= 0.3 is 0 Å². The van der Waals surface area contributed by atoms with E-state index in [-0.39, 0.29) is 0 Å². The van der Waals surface area contributed by atoms with Gasteiger partial charge in [0.15, 0.2) is 0 Å². The van der Waals surface area contributed by atoms with Crippen LogP contribution in [0.2, 0.25) is 0 Å². The molecule has 2 nitrogen and oxygen atoms in total. The molecule has 0 aromatic rings. The molecule has 16 heavy (non-hydrogen) atoms. The molecule has 1 heterocycles. The summed E-state index contributed by atoms with van der Waals surface area (Å²) >= 11 is 0. The van der Waals surface area contributed by atoms with Crippen molar-refractivity contribution in [2.24, 2.45) is 5.92 Å². The summed E-state index contributed by atoms with van der Waals surface area (Å²) in [5.41, 5.74) is 0. The second kappa shape index (κ2) is 5.50. The van der Waals surface area contributed by atoms with E-state index in [2.05, 4.69) is 31.0 Å². The molecule has 1 aliphatic carbocycles. The Morgan fingerprint density at radius 3 is 2.19 bits per heavy atom. The molecule has 94 valence electrons. The molecule has 2 aliphatic rings. The molecule has 0 aromatic carbocycles. The fraction of sp³-hybridized carbons (Fsp3) is 1.00. The first-order valence-corrected chi connectivity index (χ1v) is 7.15. The lowest BCUT2D eigenvalue weighted by Crippen LogP contribution is -2.47. The SMILES string of the molecule is CC1CCC(NC2CCN(C(C)C)CC2)C1. The summed E-state index contributed by atoms with van der Waals surface area (Å²) in [7, 11) is 0. The van der Waals surface area contributed by atoms with Gasteiger partial charge in [-0.3, -0.25) is 0 Å². The van der Waals surface area contributed by atoms with Crippen molar-refractivity contribution in [1.29, 1.82) is 0 Å². The first-order valence-electron chi connectivity index (χ1n) is 7.15. The van der Waals surface area contributed by atoms with Gasteiger partial charge < -0.3 is 10.2 Å². The number of likely N-dealkylation sites (tertiary alicyclic amines) is 1. The van der Waals surface area contributed by atoms with E-state index in [1.54, 1.807) is 0 Å². The molecule has 0 spiro atoms. The Morgan fingerprint density at radius 1 is 1.00 bits per heavy atom. The number of piperidine rings is 1. The number of hydrogen-bond acceptors (Lipinski definition) is 2. The molecule has 1 saturated heterocycles. The normalized spacial score (nSPS) is 33.8. The summed E-state index contributed by atoms with van der Waals surface area (Å²) in [5.74, 6) is 0.952. The third kappa shape index (κ3) is 3.21. The maximum Gasteiger partial charge on any atom is 0.00940 e. The maximum atomic E-state index is 3.88. The average molecular weight is 224 g/mol. The van der Waals surface area contributed by atoms with E-state index >= 15 is 0 Å². The fourth-order valence-corrected chi connectivity index (χ4v) is 3.27. The van der Waals surface area contributed by atoms with E-state index in [0.717, 1.165) is 24.0 Å². The molecule has 0 aromatic heterocycles. The molecule has 2 unspecified atom stereocenters. The van der Waals surface area contributed by atoms with Gasteiger partial charge in [0.2, 0.25) is 0 Å². The predicted molar refractivity (Wildman–Crippen MR) is 69.7 cm³/mol. The summed E-state index contributed by atoms with van der Waals surface area (Å²) in [5, 5.41) is 3.88. The molecule has 2 rings (SSSR count). The highest BCUT2D eigenvalue weighted by Gasteiger charge is 2.26. The average Bonchev–Trinajstić information content (AvgIpc) is 2.65. The van der Waals surface area contributed by atoms with E-state index in [1.807, 2.05) is 0 Å². The third-order valence-corrected chi connectivity index (χ3v) is 4.43. The van der Waals surface area contributed by atoms with Crippen molar-refractivity contribution in [1.82, 2.24) is 10.2 Å². The molecule has 1 N–H and O–H groups in total. The van der Waals surface area contributed by atoms with Crippen LogP contribution < -0.4 is 5.32 Å². The van der Waals surface area contributed by atoms with Crippen molar-refractivity contribution in [3.05, 3.63) is 0 Å². The molecule has 2 fully saturated rings. The third-order valence-electron chi connectivity index (χ3n) is 4.43. The number of nitrogens with one attached hydrogen (secondary N) is 1. The van der Waals surface area contributed by atoms with Crippen LogP contribution in [0.5, 0.6) is 0 Å². The Morgan fingerprint density at radius 2 is 1.69 bits per heavy atom. The minimum absolute atomic E-state index is 0.729. The molecule has 0 bridgehead atoms. The summed E-state index contributed by atoms with van der Waals surface area (Å²) in [6.45, 7) is 9.59. The van der Waals surface area contributed by atoms with Gasteiger partial charge in [0.05, 0.1) is 0 Å². The Labute approximate surface area is 101 Å². The van der Waals surface area contributed by atoms with E-state index in [4.69, 9.17) is 0 Å². The fourth-order valence-electron chi connectivity index (χ4n) is 3.27. The standard InChI is InChI=1S/C14H28N2/c1-11(2)16-8-6-13(7-9-16)15-14-5-4-12(3)10-14/h11-15H,4-10H2,1-3H3. The summed E-state index contributed by atoms with van der Waals surface area (Å²) < 4.78 is 0. The van der Waals surface area contributed by atoms with Crippen molar-refractivity contribution in [2.45, 2.75) is 71.0 Å². The van der Waals surface area contributed by atoms with Gasteiger partial charge in [-0.25, -0.2) is 0 Å². The van der Waals surface area contributed by atoms with Crippen molar-refractivity contribution in [3.8, 4) is 0 Å². The van der Waals surface area contributed by atoms with Gasteiger partial charge in [0.1, 0.15) is 0 Å². The smallest absolute Gasteiger partial charge is 0.00940 e. The van der Waals surface area contributed by atoms with Crippen molar-refractivity contribution >= 4 is 0 Å². The van der Waals surface area contributed by atoms with Gasteiger partial charge in [-0.15, -0.1) is 0 Å². The molecule has 2 atom stereocenters. The molecular weight excluding hydrogens is 196 g/mol. The lowest BCUT2D eigenvalue weighted by Gasteiger charge is -2.36. The molecule has 1 aliphatic heterocycles. The van der Waals surface area contributed by atoms with Crippen LogP contribution in [0.25, 0.3) is 0 Å². The maximum absolute atomic E-state index is 3.88. The van der Waals surface area contributed by atoms with Crippen molar-refractivity contribution in [3.63, 3.8) is 0 Å². The van der Waals surface area contributed by atoms with Crippen LogP contribution in [0.3, 0.4) is 0 Å². The van der Waals surface area contributed by atoms with Crippen LogP contribution in [0.1, 0.15) is 52.9 Å². The highest BCUT2D eigenvalue weighted by Crippen LogP contribution is 2.26. The largest absolute Gasteiger partial charge is 0.311 e. The van der Waals surface area contributed by atoms with Crippen molar-refractivity contribution < 1.29 is 0 Å². The topological polar surface area (TPSA) is 15.3 Å². The minimum atomic E-state index is 0.729. The van der Waals surface area contributed by atoms with Crippen LogP contribution in [-0.4, -0.2) is 36.1 Å². The lowest BCUT2D eigenvalue weighted by molar-refractivity contribution is 0.156. The van der Waals surface area contributed by atoms with E-state index in [1.165, 1.54) is 45.2 Å². The second-order valence-electron chi connectivity index (χ2n) is 6.19. The van der Waals surface area contributed by atoms with Gasteiger partial charge in [0.25, 0.3) is 0 Å². The lowest BCUT2D eigenvalue weighted by atomic mass is 10.0. The number of nitrogens with zero attached hydrogens (tertiary/aromatic N) is 1. The Balaban J connectivity index is 1.69. The zero-order valence-electron chi connectivity index (χ0n) is 11.2. The van der Waals surface area contributed by atoms with Gasteiger partial charge in [0, 0.05) is 18.1 Å². The Kier molecular flexibility index (Phi) is 4.26. The molecular formula is C14H28N2.